The first kappa shape index (κ1) is 15.5. The molecule has 0 saturated carbocycles. The minimum atomic E-state index is 0.479. The fourth-order valence-electron chi connectivity index (χ4n) is 1.96. The summed E-state index contributed by atoms with van der Waals surface area (Å²) in [5, 5.41) is 17.5. The minimum absolute atomic E-state index is 0.479. The van der Waals surface area contributed by atoms with Gasteiger partial charge in [0.1, 0.15) is 0 Å². The second-order valence-corrected chi connectivity index (χ2v) is 7.71. The Labute approximate surface area is 149 Å². The molecule has 122 valence electrons. The molecule has 0 unspecified atom stereocenters. The number of hydrogen-bond acceptors (Lipinski definition) is 10. The predicted molar refractivity (Wildman–Crippen MR) is 91.1 cm³/mol. The maximum absolute atomic E-state index is 5.62. The van der Waals surface area contributed by atoms with Crippen LogP contribution in [-0.4, -0.2) is 25.3 Å². The van der Waals surface area contributed by atoms with E-state index in [1.165, 1.54) is 11.8 Å². The predicted octanol–water partition coefficient (Wildman–Crippen LogP) is 3.83. The molecule has 4 aromatic heterocycles. The van der Waals surface area contributed by atoms with Gasteiger partial charge in [-0.15, -0.1) is 32.9 Å². The molecule has 24 heavy (non-hydrogen) atoms. The lowest BCUT2D eigenvalue weighted by Gasteiger charge is -1.90. The van der Waals surface area contributed by atoms with E-state index in [2.05, 4.69) is 25.3 Å². The average Bonchev–Trinajstić information content (AvgIpc) is 3.34. The van der Waals surface area contributed by atoms with E-state index >= 15 is 0 Å². The maximum atomic E-state index is 5.62. The van der Waals surface area contributed by atoms with Crippen LogP contribution in [0.15, 0.2) is 37.1 Å². The van der Waals surface area contributed by atoms with Crippen molar-refractivity contribution < 1.29 is 8.94 Å². The highest BCUT2D eigenvalue weighted by atomic mass is 32.2. The first-order valence-electron chi connectivity index (χ1n) is 6.99. The van der Waals surface area contributed by atoms with Crippen molar-refractivity contribution in [3.8, 4) is 10.7 Å². The van der Waals surface area contributed by atoms with E-state index in [1.54, 1.807) is 22.7 Å². The summed E-state index contributed by atoms with van der Waals surface area (Å²) >= 11 is 4.55. The highest BCUT2D eigenvalue weighted by Crippen LogP contribution is 2.25. The summed E-state index contributed by atoms with van der Waals surface area (Å²) < 4.78 is 10.9. The van der Waals surface area contributed by atoms with E-state index in [0.717, 1.165) is 15.6 Å². The van der Waals surface area contributed by atoms with Gasteiger partial charge in [-0.05, 0) is 18.4 Å². The van der Waals surface area contributed by atoms with Gasteiger partial charge in [0, 0.05) is 5.38 Å². The Bertz CT molecular complexity index is 928. The molecule has 4 aromatic rings. The van der Waals surface area contributed by atoms with Crippen molar-refractivity contribution in [3.05, 3.63) is 45.4 Å². The van der Waals surface area contributed by atoms with Crippen LogP contribution in [0.3, 0.4) is 0 Å². The van der Waals surface area contributed by atoms with E-state index in [9.17, 15) is 0 Å². The van der Waals surface area contributed by atoms with Crippen molar-refractivity contribution >= 4 is 34.4 Å². The van der Waals surface area contributed by atoms with Crippen molar-refractivity contribution in [1.29, 1.82) is 0 Å². The summed E-state index contributed by atoms with van der Waals surface area (Å²) in [6, 6.07) is 3.91. The van der Waals surface area contributed by atoms with Crippen molar-refractivity contribution in [2.75, 3.05) is 0 Å². The van der Waals surface area contributed by atoms with Crippen LogP contribution in [0.2, 0.25) is 0 Å². The second-order valence-electron chi connectivity index (χ2n) is 4.77. The molecule has 0 aliphatic carbocycles. The number of nitrogens with zero attached hydrogens (tertiary/aromatic N) is 5. The number of hydrogen-bond donors (Lipinski definition) is 0. The van der Waals surface area contributed by atoms with Gasteiger partial charge in [0.05, 0.1) is 27.8 Å². The Hall–Kier alpha value is -2.04. The van der Waals surface area contributed by atoms with Crippen molar-refractivity contribution in [2.24, 2.45) is 0 Å². The lowest BCUT2D eigenvalue weighted by atomic mass is 10.3. The molecule has 4 rings (SSSR count). The number of aryl methyl sites for hydroxylation is 1. The molecule has 0 aliphatic rings. The van der Waals surface area contributed by atoms with E-state index < -0.39 is 0 Å². The van der Waals surface area contributed by atoms with Crippen LogP contribution in [0.25, 0.3) is 10.7 Å². The quantitative estimate of drug-likeness (QED) is 0.468. The lowest BCUT2D eigenvalue weighted by Crippen LogP contribution is -1.88. The third kappa shape index (κ3) is 3.55. The topological polar surface area (TPSA) is 90.7 Å². The summed E-state index contributed by atoms with van der Waals surface area (Å²) in [5.74, 6) is 2.16. The molecule has 0 aromatic carbocycles. The first-order valence-corrected chi connectivity index (χ1v) is 9.73. The number of aromatic nitrogens is 5. The number of rotatable bonds is 6. The van der Waals surface area contributed by atoms with Gasteiger partial charge in [0.15, 0.2) is 0 Å². The van der Waals surface area contributed by atoms with Crippen molar-refractivity contribution in [3.63, 3.8) is 0 Å². The standard InChI is InChI=1S/C14H11N5O2S3/c1-8-15-9(6-23-8)5-11-17-18-14(20-11)24-7-12-16-13(19-21-12)10-3-2-4-22-10/h2-4,6H,5,7H2,1H3. The van der Waals surface area contributed by atoms with Crippen LogP contribution in [0.1, 0.15) is 22.5 Å². The monoisotopic (exact) mass is 377 g/mol. The molecule has 0 radical (unpaired) electrons. The molecule has 10 heteroatoms. The number of thioether (sulfide) groups is 1. The summed E-state index contributed by atoms with van der Waals surface area (Å²) in [4.78, 5) is 9.73. The normalized spacial score (nSPS) is 11.2. The minimum Gasteiger partial charge on any atom is -0.416 e. The first-order chi connectivity index (χ1) is 11.8. The van der Waals surface area contributed by atoms with Gasteiger partial charge in [-0.2, -0.15) is 4.98 Å². The number of thiazole rings is 1. The lowest BCUT2D eigenvalue weighted by molar-refractivity contribution is 0.389. The Morgan fingerprint density at radius 1 is 1.17 bits per heavy atom. The summed E-state index contributed by atoms with van der Waals surface area (Å²) in [6.45, 7) is 1.97. The zero-order valence-corrected chi connectivity index (χ0v) is 15.0. The van der Waals surface area contributed by atoms with Crippen LogP contribution in [0.4, 0.5) is 0 Å². The third-order valence-corrected chi connectivity index (χ3v) is 5.47. The van der Waals surface area contributed by atoms with Crippen LogP contribution in [0.5, 0.6) is 0 Å². The second kappa shape index (κ2) is 6.83. The largest absolute Gasteiger partial charge is 0.416 e. The van der Waals surface area contributed by atoms with Crippen LogP contribution < -0.4 is 0 Å². The van der Waals surface area contributed by atoms with E-state index in [4.69, 9.17) is 8.94 Å². The molecule has 0 aliphatic heterocycles. The molecule has 0 amide bonds. The van der Waals surface area contributed by atoms with Gasteiger partial charge in [-0.3, -0.25) is 0 Å². The van der Waals surface area contributed by atoms with Crippen LogP contribution >= 0.6 is 34.4 Å². The smallest absolute Gasteiger partial charge is 0.277 e. The fraction of sp³-hybridized carbons (Fsp3) is 0.214. The molecule has 0 bridgehead atoms. The highest BCUT2D eigenvalue weighted by molar-refractivity contribution is 7.98. The molecular weight excluding hydrogens is 366 g/mol. The fourth-order valence-corrected chi connectivity index (χ4v) is 3.83. The van der Waals surface area contributed by atoms with Crippen molar-refractivity contribution in [1.82, 2.24) is 25.3 Å². The molecule has 0 N–H and O–H groups in total. The van der Waals surface area contributed by atoms with Gasteiger partial charge >= 0.3 is 0 Å². The van der Waals surface area contributed by atoms with Crippen molar-refractivity contribution in [2.45, 2.75) is 24.3 Å². The van der Waals surface area contributed by atoms with Gasteiger partial charge in [0.25, 0.3) is 5.22 Å². The van der Waals surface area contributed by atoms with Crippen LogP contribution in [-0.2, 0) is 12.2 Å². The Kier molecular flexibility index (Phi) is 4.41. The van der Waals surface area contributed by atoms with E-state index in [0.29, 0.717) is 35.0 Å². The van der Waals surface area contributed by atoms with E-state index in [-0.39, 0.29) is 0 Å². The average molecular weight is 377 g/mol. The van der Waals surface area contributed by atoms with Gasteiger partial charge in [-0.1, -0.05) is 23.0 Å². The number of thiophene rings is 1. The van der Waals surface area contributed by atoms with Gasteiger partial charge in [0.2, 0.25) is 17.6 Å². The third-order valence-electron chi connectivity index (χ3n) is 2.98. The maximum Gasteiger partial charge on any atom is 0.277 e. The summed E-state index contributed by atoms with van der Waals surface area (Å²) in [5.41, 5.74) is 0.940. The Morgan fingerprint density at radius 2 is 2.12 bits per heavy atom. The SMILES string of the molecule is Cc1nc(Cc2nnc(SCc3nc(-c4cccs4)no3)o2)cs1. The van der Waals surface area contributed by atoms with Crippen LogP contribution in [0, 0.1) is 6.92 Å². The molecule has 7 nitrogen and oxygen atoms in total. The summed E-state index contributed by atoms with van der Waals surface area (Å²) in [7, 11) is 0. The summed E-state index contributed by atoms with van der Waals surface area (Å²) in [6.07, 6.45) is 0.543. The molecule has 0 saturated heterocycles. The molecule has 0 fully saturated rings. The molecule has 4 heterocycles. The van der Waals surface area contributed by atoms with E-state index in [1.807, 2.05) is 29.8 Å². The van der Waals surface area contributed by atoms with Gasteiger partial charge < -0.3 is 8.94 Å². The zero-order chi connectivity index (χ0) is 16.4. The molecular formula is C14H11N5O2S3. The van der Waals surface area contributed by atoms with Gasteiger partial charge in [-0.25, -0.2) is 4.98 Å². The Morgan fingerprint density at radius 3 is 2.92 bits per heavy atom. The Balaban J connectivity index is 1.36. The zero-order valence-electron chi connectivity index (χ0n) is 12.5. The highest BCUT2D eigenvalue weighted by Gasteiger charge is 2.13. The molecule has 0 atom stereocenters. The molecule has 0 spiro atoms.